The average molecular weight is 516 g/mol. The minimum absolute atomic E-state index is 0.0509. The molecular weight excluding hydrogens is 482 g/mol. The monoisotopic (exact) mass is 515 g/mol. The van der Waals surface area contributed by atoms with Gasteiger partial charge in [-0.05, 0) is 30.5 Å². The SMILES string of the molecule is CCCC(CCO)Nc1nc(N)nc2cnn(Cc3ccc(C(=O)N4CC5(CNC5)C4)c4cccnc34)c12. The Bertz CT molecular complexity index is 1480. The first kappa shape index (κ1) is 24.5. The third-order valence-electron chi connectivity index (χ3n) is 7.70. The fourth-order valence-corrected chi connectivity index (χ4v) is 5.71. The lowest BCUT2D eigenvalue weighted by Gasteiger charge is -2.56. The third kappa shape index (κ3) is 4.31. The second-order valence-corrected chi connectivity index (χ2v) is 10.5. The first-order chi connectivity index (χ1) is 18.5. The molecular formula is C27H33N9O2. The Morgan fingerprint density at radius 2 is 2.08 bits per heavy atom. The Labute approximate surface area is 220 Å². The molecule has 11 nitrogen and oxygen atoms in total. The van der Waals surface area contributed by atoms with Crippen molar-refractivity contribution >= 4 is 39.6 Å². The van der Waals surface area contributed by atoms with E-state index in [4.69, 9.17) is 5.73 Å². The van der Waals surface area contributed by atoms with Crippen molar-refractivity contribution in [3.8, 4) is 0 Å². The highest BCUT2D eigenvalue weighted by Crippen LogP contribution is 2.36. The molecule has 0 saturated carbocycles. The number of hydrogen-bond acceptors (Lipinski definition) is 9. The molecule has 1 spiro atoms. The van der Waals surface area contributed by atoms with Crippen LogP contribution in [0, 0.1) is 5.41 Å². The first-order valence-electron chi connectivity index (χ1n) is 13.2. The van der Waals surface area contributed by atoms with Crippen LogP contribution in [0.3, 0.4) is 0 Å². The molecule has 0 radical (unpaired) electrons. The Morgan fingerprint density at radius 3 is 2.82 bits per heavy atom. The number of aromatic nitrogens is 5. The lowest BCUT2D eigenvalue weighted by molar-refractivity contribution is -0.0247. The normalized spacial score (nSPS) is 16.9. The zero-order valence-electron chi connectivity index (χ0n) is 21.5. The Morgan fingerprint density at radius 1 is 1.24 bits per heavy atom. The van der Waals surface area contributed by atoms with Crippen LogP contribution in [0.25, 0.3) is 21.9 Å². The van der Waals surface area contributed by atoms with Gasteiger partial charge in [0.2, 0.25) is 5.95 Å². The first-order valence-corrected chi connectivity index (χ1v) is 13.2. The minimum Gasteiger partial charge on any atom is -0.396 e. The van der Waals surface area contributed by atoms with Gasteiger partial charge in [-0.1, -0.05) is 25.5 Å². The van der Waals surface area contributed by atoms with Crippen molar-refractivity contribution in [3.05, 3.63) is 47.8 Å². The molecule has 2 saturated heterocycles. The molecule has 1 aromatic carbocycles. The predicted molar refractivity (Wildman–Crippen MR) is 146 cm³/mol. The number of nitrogens with zero attached hydrogens (tertiary/aromatic N) is 6. The molecule has 5 heterocycles. The zero-order valence-corrected chi connectivity index (χ0v) is 21.5. The van der Waals surface area contributed by atoms with Crippen LogP contribution < -0.4 is 16.4 Å². The largest absolute Gasteiger partial charge is 0.396 e. The number of carbonyl (C=O) groups is 1. The van der Waals surface area contributed by atoms with Gasteiger partial charge in [-0.2, -0.15) is 10.1 Å². The van der Waals surface area contributed by atoms with Crippen LogP contribution in [0.1, 0.15) is 42.1 Å². The molecule has 198 valence electrons. The number of anilines is 2. The number of fused-ring (bicyclic) bond motifs is 2. The highest BCUT2D eigenvalue weighted by atomic mass is 16.3. The van der Waals surface area contributed by atoms with E-state index in [2.05, 4.69) is 37.6 Å². The summed E-state index contributed by atoms with van der Waals surface area (Å²) in [6, 6.07) is 7.75. The van der Waals surface area contributed by atoms with Gasteiger partial charge in [0.25, 0.3) is 5.91 Å². The number of aliphatic hydroxyl groups excluding tert-OH is 1. The summed E-state index contributed by atoms with van der Waals surface area (Å²) < 4.78 is 1.84. The van der Waals surface area contributed by atoms with Gasteiger partial charge >= 0.3 is 0 Å². The van der Waals surface area contributed by atoms with Gasteiger partial charge in [-0.3, -0.25) is 14.5 Å². The van der Waals surface area contributed by atoms with E-state index in [0.29, 0.717) is 29.9 Å². The Hall–Kier alpha value is -3.83. The highest BCUT2D eigenvalue weighted by Gasteiger charge is 2.49. The molecule has 1 amide bonds. The number of benzene rings is 1. The van der Waals surface area contributed by atoms with Crippen LogP contribution >= 0.6 is 0 Å². The molecule has 2 aliphatic rings. The van der Waals surface area contributed by atoms with Gasteiger partial charge in [0.05, 0.1) is 18.3 Å². The predicted octanol–water partition coefficient (Wildman–Crippen LogP) is 2.01. The fraction of sp³-hybridized carbons (Fsp3) is 0.444. The van der Waals surface area contributed by atoms with Crippen LogP contribution in [0.4, 0.5) is 11.8 Å². The van der Waals surface area contributed by atoms with E-state index in [1.165, 1.54) is 0 Å². The molecule has 0 aliphatic carbocycles. The second-order valence-electron chi connectivity index (χ2n) is 10.5. The number of nitrogen functional groups attached to an aromatic ring is 1. The zero-order chi connectivity index (χ0) is 26.3. The maximum Gasteiger partial charge on any atom is 0.254 e. The molecule has 1 atom stereocenters. The summed E-state index contributed by atoms with van der Waals surface area (Å²) in [5.74, 6) is 0.815. The van der Waals surface area contributed by atoms with Crippen molar-refractivity contribution in [2.45, 2.75) is 38.8 Å². The van der Waals surface area contributed by atoms with Crippen LogP contribution in [0.15, 0.2) is 36.7 Å². The van der Waals surface area contributed by atoms with Crippen molar-refractivity contribution in [2.24, 2.45) is 5.41 Å². The van der Waals surface area contributed by atoms with E-state index in [0.717, 1.165) is 61.0 Å². The highest BCUT2D eigenvalue weighted by molar-refractivity contribution is 6.07. The van der Waals surface area contributed by atoms with Crippen molar-refractivity contribution in [1.82, 2.24) is 34.9 Å². The number of carbonyl (C=O) groups excluding carboxylic acids is 1. The Balaban J connectivity index is 1.33. The summed E-state index contributed by atoms with van der Waals surface area (Å²) in [5, 5.41) is 21.7. The topological polar surface area (TPSA) is 147 Å². The van der Waals surface area contributed by atoms with Gasteiger partial charge < -0.3 is 26.4 Å². The Kier molecular flexibility index (Phi) is 6.32. The standard InChI is InChI=1S/C27H33N9O2/c1-2-4-18(8-10-37)32-24-23-21(33-26(28)34-24)11-31-36(23)12-17-6-7-20(19-5-3-9-30-22(17)19)25(38)35-15-27(16-35)13-29-14-27/h3,5-7,9,11,18,29,37H,2,4,8,10,12-16H2,1H3,(H3,28,32,33,34). The summed E-state index contributed by atoms with van der Waals surface area (Å²) in [7, 11) is 0. The lowest BCUT2D eigenvalue weighted by Crippen LogP contribution is -2.71. The summed E-state index contributed by atoms with van der Waals surface area (Å²) in [5.41, 5.74) is 10.0. The van der Waals surface area contributed by atoms with E-state index in [1.807, 2.05) is 33.8 Å². The van der Waals surface area contributed by atoms with E-state index < -0.39 is 0 Å². The van der Waals surface area contributed by atoms with Gasteiger partial charge in [0, 0.05) is 61.4 Å². The number of pyridine rings is 1. The number of hydrogen-bond donors (Lipinski definition) is 4. The number of rotatable bonds is 9. The second kappa shape index (κ2) is 9.80. The number of likely N-dealkylation sites (tertiary alicyclic amines) is 1. The summed E-state index contributed by atoms with van der Waals surface area (Å²) >= 11 is 0. The lowest BCUT2D eigenvalue weighted by atomic mass is 9.74. The van der Waals surface area contributed by atoms with Crippen molar-refractivity contribution < 1.29 is 9.90 Å². The van der Waals surface area contributed by atoms with Crippen molar-refractivity contribution in [2.75, 3.05) is 43.8 Å². The molecule has 11 heteroatoms. The molecule has 38 heavy (non-hydrogen) atoms. The molecule has 3 aromatic heterocycles. The fourth-order valence-electron chi connectivity index (χ4n) is 5.71. The van der Waals surface area contributed by atoms with E-state index in [9.17, 15) is 9.90 Å². The smallest absolute Gasteiger partial charge is 0.254 e. The van der Waals surface area contributed by atoms with E-state index in [1.54, 1.807) is 12.4 Å². The summed E-state index contributed by atoms with van der Waals surface area (Å²) in [6.07, 6.45) is 5.90. The minimum atomic E-state index is 0.0509. The number of aliphatic hydroxyl groups is 1. The number of nitrogens with two attached hydrogens (primary N) is 1. The van der Waals surface area contributed by atoms with Crippen LogP contribution in [0.2, 0.25) is 0 Å². The molecule has 0 bridgehead atoms. The van der Waals surface area contributed by atoms with Crippen molar-refractivity contribution in [3.63, 3.8) is 0 Å². The van der Waals surface area contributed by atoms with Gasteiger partial charge in [-0.25, -0.2) is 4.98 Å². The maximum atomic E-state index is 13.4. The van der Waals surface area contributed by atoms with Gasteiger partial charge in [-0.15, -0.1) is 0 Å². The maximum absolute atomic E-state index is 13.4. The molecule has 2 fully saturated rings. The molecule has 4 aromatic rings. The van der Waals surface area contributed by atoms with Crippen LogP contribution in [-0.4, -0.2) is 79.5 Å². The molecule has 6 rings (SSSR count). The van der Waals surface area contributed by atoms with Crippen LogP contribution in [-0.2, 0) is 6.54 Å². The number of nitrogens with one attached hydrogen (secondary N) is 2. The summed E-state index contributed by atoms with van der Waals surface area (Å²) in [4.78, 5) is 28.8. The average Bonchev–Trinajstić information content (AvgIpc) is 3.25. The van der Waals surface area contributed by atoms with Crippen LogP contribution in [0.5, 0.6) is 0 Å². The third-order valence-corrected chi connectivity index (χ3v) is 7.70. The molecule has 5 N–H and O–H groups in total. The quantitative estimate of drug-likeness (QED) is 0.263. The van der Waals surface area contributed by atoms with E-state index in [-0.39, 0.29) is 29.9 Å². The number of amides is 1. The van der Waals surface area contributed by atoms with Gasteiger partial charge in [0.1, 0.15) is 11.0 Å². The van der Waals surface area contributed by atoms with Gasteiger partial charge in [0.15, 0.2) is 5.82 Å². The van der Waals surface area contributed by atoms with Crippen molar-refractivity contribution in [1.29, 1.82) is 0 Å². The van der Waals surface area contributed by atoms with E-state index >= 15 is 0 Å². The molecule has 2 aliphatic heterocycles. The summed E-state index contributed by atoms with van der Waals surface area (Å²) in [6.45, 7) is 6.19. The molecule has 1 unspecified atom stereocenters.